The Balaban J connectivity index is 1.69. The number of likely N-dealkylation sites (tertiary alicyclic amines) is 1. The summed E-state index contributed by atoms with van der Waals surface area (Å²) in [6.07, 6.45) is 3.93. The molecule has 0 aromatic carbocycles. The van der Waals surface area contributed by atoms with E-state index in [-0.39, 0.29) is 0 Å². The molecule has 82 valence electrons. The van der Waals surface area contributed by atoms with Gasteiger partial charge in [-0.15, -0.1) is 0 Å². The van der Waals surface area contributed by atoms with Crippen LogP contribution in [0.25, 0.3) is 0 Å². The molecule has 2 saturated heterocycles. The van der Waals surface area contributed by atoms with Gasteiger partial charge in [-0.2, -0.15) is 0 Å². The van der Waals surface area contributed by atoms with Crippen LogP contribution in [0.4, 0.5) is 0 Å². The van der Waals surface area contributed by atoms with Crippen LogP contribution >= 0.6 is 15.9 Å². The van der Waals surface area contributed by atoms with E-state index in [4.69, 9.17) is 4.74 Å². The van der Waals surface area contributed by atoms with Crippen LogP contribution in [-0.4, -0.2) is 43.1 Å². The van der Waals surface area contributed by atoms with Crippen molar-refractivity contribution in [3.63, 3.8) is 0 Å². The van der Waals surface area contributed by atoms with Gasteiger partial charge in [0.2, 0.25) is 0 Å². The van der Waals surface area contributed by atoms with Crippen LogP contribution in [0.1, 0.15) is 19.3 Å². The number of rotatable bonds is 3. The van der Waals surface area contributed by atoms with E-state index in [1.54, 1.807) is 0 Å². The van der Waals surface area contributed by atoms with E-state index in [9.17, 15) is 0 Å². The second kappa shape index (κ2) is 5.47. The first-order valence-electron chi connectivity index (χ1n) is 5.74. The molecule has 0 aliphatic carbocycles. The second-order valence-electron chi connectivity index (χ2n) is 4.62. The van der Waals surface area contributed by atoms with Gasteiger partial charge in [-0.1, -0.05) is 15.9 Å². The highest BCUT2D eigenvalue weighted by Crippen LogP contribution is 2.22. The summed E-state index contributed by atoms with van der Waals surface area (Å²) in [5.41, 5.74) is 0. The number of hydrogen-bond acceptors (Lipinski definition) is 2. The van der Waals surface area contributed by atoms with Crippen molar-refractivity contribution in [1.82, 2.24) is 4.90 Å². The van der Waals surface area contributed by atoms with Crippen LogP contribution in [0.3, 0.4) is 0 Å². The maximum atomic E-state index is 5.38. The molecule has 2 fully saturated rings. The summed E-state index contributed by atoms with van der Waals surface area (Å²) in [5, 5.41) is 1.18. The summed E-state index contributed by atoms with van der Waals surface area (Å²) in [6, 6.07) is 0. The summed E-state index contributed by atoms with van der Waals surface area (Å²) in [7, 11) is 0. The molecule has 0 aromatic heterocycles. The number of halogens is 1. The predicted molar refractivity (Wildman–Crippen MR) is 61.9 cm³/mol. The van der Waals surface area contributed by atoms with Crippen LogP contribution in [0, 0.1) is 11.8 Å². The Bertz CT molecular complexity index is 171. The van der Waals surface area contributed by atoms with Crippen molar-refractivity contribution in [2.45, 2.75) is 19.3 Å². The molecule has 0 radical (unpaired) electrons. The molecule has 2 nitrogen and oxygen atoms in total. The Morgan fingerprint density at radius 1 is 1.14 bits per heavy atom. The minimum Gasteiger partial charge on any atom is -0.381 e. The lowest BCUT2D eigenvalue weighted by molar-refractivity contribution is 0.0552. The summed E-state index contributed by atoms with van der Waals surface area (Å²) in [4.78, 5) is 2.64. The van der Waals surface area contributed by atoms with E-state index in [0.717, 1.165) is 25.0 Å². The second-order valence-corrected chi connectivity index (χ2v) is 5.27. The van der Waals surface area contributed by atoms with Crippen molar-refractivity contribution < 1.29 is 4.74 Å². The van der Waals surface area contributed by atoms with Gasteiger partial charge in [0.1, 0.15) is 0 Å². The van der Waals surface area contributed by atoms with Crippen molar-refractivity contribution in [3.05, 3.63) is 0 Å². The molecular weight excluding hydrogens is 242 g/mol. The normalized spacial score (nSPS) is 31.1. The molecule has 2 aliphatic rings. The summed E-state index contributed by atoms with van der Waals surface area (Å²) < 4.78 is 5.38. The first-order valence-corrected chi connectivity index (χ1v) is 6.86. The first kappa shape index (κ1) is 10.9. The topological polar surface area (TPSA) is 12.5 Å². The van der Waals surface area contributed by atoms with Gasteiger partial charge in [0, 0.05) is 31.6 Å². The Kier molecular flexibility index (Phi) is 4.26. The molecular formula is C11H20BrNO. The van der Waals surface area contributed by atoms with Crippen molar-refractivity contribution in [2.75, 3.05) is 38.2 Å². The Labute approximate surface area is 95.1 Å². The predicted octanol–water partition coefficient (Wildman–Crippen LogP) is 2.13. The fraction of sp³-hybridized carbons (Fsp3) is 1.00. The molecule has 3 heteroatoms. The molecule has 1 atom stereocenters. The molecule has 1 unspecified atom stereocenters. The Morgan fingerprint density at radius 3 is 2.57 bits per heavy atom. The van der Waals surface area contributed by atoms with Gasteiger partial charge in [0.25, 0.3) is 0 Å². The number of hydrogen-bond donors (Lipinski definition) is 0. The first-order chi connectivity index (χ1) is 6.88. The third-order valence-corrected chi connectivity index (χ3v) is 4.36. The van der Waals surface area contributed by atoms with Crippen molar-refractivity contribution in [2.24, 2.45) is 11.8 Å². The molecule has 2 heterocycles. The molecule has 0 saturated carbocycles. The standard InChI is InChI=1S/C11H20BrNO/c12-7-11-1-4-13(9-11)8-10-2-5-14-6-3-10/h10-11H,1-9H2. The third kappa shape index (κ3) is 2.94. The van der Waals surface area contributed by atoms with Gasteiger partial charge in [-0.05, 0) is 37.6 Å². The summed E-state index contributed by atoms with van der Waals surface area (Å²) >= 11 is 3.58. The van der Waals surface area contributed by atoms with E-state index < -0.39 is 0 Å². The fourth-order valence-corrected chi connectivity index (χ4v) is 3.03. The van der Waals surface area contributed by atoms with E-state index in [0.29, 0.717) is 0 Å². The van der Waals surface area contributed by atoms with E-state index in [2.05, 4.69) is 20.8 Å². The maximum absolute atomic E-state index is 5.38. The highest BCUT2D eigenvalue weighted by molar-refractivity contribution is 9.09. The zero-order valence-electron chi connectivity index (χ0n) is 8.75. The monoisotopic (exact) mass is 261 g/mol. The fourth-order valence-electron chi connectivity index (χ4n) is 2.50. The number of nitrogens with zero attached hydrogens (tertiary/aromatic N) is 1. The molecule has 0 amide bonds. The SMILES string of the molecule is BrCC1CCN(CC2CCOCC2)C1. The van der Waals surface area contributed by atoms with Crippen LogP contribution in [0.15, 0.2) is 0 Å². The van der Waals surface area contributed by atoms with E-state index >= 15 is 0 Å². The minimum atomic E-state index is 0.898. The average molecular weight is 262 g/mol. The third-order valence-electron chi connectivity index (χ3n) is 3.45. The maximum Gasteiger partial charge on any atom is 0.0469 e. The lowest BCUT2D eigenvalue weighted by Gasteiger charge is -2.26. The van der Waals surface area contributed by atoms with Gasteiger partial charge < -0.3 is 9.64 Å². The minimum absolute atomic E-state index is 0.898. The van der Waals surface area contributed by atoms with Crippen molar-refractivity contribution in [3.8, 4) is 0 Å². The summed E-state index contributed by atoms with van der Waals surface area (Å²) in [5.74, 6) is 1.80. The molecule has 0 bridgehead atoms. The Morgan fingerprint density at radius 2 is 1.93 bits per heavy atom. The van der Waals surface area contributed by atoms with Crippen molar-refractivity contribution >= 4 is 15.9 Å². The summed E-state index contributed by atoms with van der Waals surface area (Å²) in [6.45, 7) is 5.91. The zero-order valence-corrected chi connectivity index (χ0v) is 10.3. The lowest BCUT2D eigenvalue weighted by atomic mass is 10.00. The number of alkyl halides is 1. The van der Waals surface area contributed by atoms with Gasteiger partial charge >= 0.3 is 0 Å². The quantitative estimate of drug-likeness (QED) is 0.722. The van der Waals surface area contributed by atoms with Crippen LogP contribution < -0.4 is 0 Å². The lowest BCUT2D eigenvalue weighted by Crippen LogP contribution is -2.31. The highest BCUT2D eigenvalue weighted by atomic mass is 79.9. The zero-order chi connectivity index (χ0) is 9.80. The van der Waals surface area contributed by atoms with Gasteiger partial charge in [0.05, 0.1) is 0 Å². The largest absolute Gasteiger partial charge is 0.381 e. The van der Waals surface area contributed by atoms with E-state index in [1.165, 1.54) is 44.2 Å². The molecule has 2 aliphatic heterocycles. The molecule has 0 aromatic rings. The smallest absolute Gasteiger partial charge is 0.0469 e. The molecule has 0 spiro atoms. The molecule has 14 heavy (non-hydrogen) atoms. The number of ether oxygens (including phenoxy) is 1. The highest BCUT2D eigenvalue weighted by Gasteiger charge is 2.24. The average Bonchev–Trinajstić information content (AvgIpc) is 2.67. The van der Waals surface area contributed by atoms with Gasteiger partial charge in [-0.25, -0.2) is 0 Å². The van der Waals surface area contributed by atoms with Crippen LogP contribution in [-0.2, 0) is 4.74 Å². The van der Waals surface area contributed by atoms with E-state index in [1.807, 2.05) is 0 Å². The Hall–Kier alpha value is 0.400. The van der Waals surface area contributed by atoms with Gasteiger partial charge in [0.15, 0.2) is 0 Å². The van der Waals surface area contributed by atoms with Crippen molar-refractivity contribution in [1.29, 1.82) is 0 Å². The molecule has 2 rings (SSSR count). The molecule has 0 N–H and O–H groups in total. The van der Waals surface area contributed by atoms with Crippen LogP contribution in [0.5, 0.6) is 0 Å². The van der Waals surface area contributed by atoms with Gasteiger partial charge in [-0.3, -0.25) is 0 Å². The van der Waals surface area contributed by atoms with Crippen LogP contribution in [0.2, 0.25) is 0 Å².